The first-order valence-corrected chi connectivity index (χ1v) is 9.64. The van der Waals surface area contributed by atoms with E-state index >= 15 is 0 Å². The van der Waals surface area contributed by atoms with Crippen LogP contribution in [0, 0.1) is 0 Å². The van der Waals surface area contributed by atoms with E-state index in [1.165, 1.54) is 5.19 Å². The highest BCUT2D eigenvalue weighted by Gasteiger charge is 2.34. The molecule has 0 fully saturated rings. The Morgan fingerprint density at radius 2 is 1.94 bits per heavy atom. The van der Waals surface area contributed by atoms with Gasteiger partial charge in [0, 0.05) is 17.5 Å². The zero-order valence-corrected chi connectivity index (χ0v) is 12.5. The van der Waals surface area contributed by atoms with Gasteiger partial charge in [0.15, 0.2) is 0 Å². The van der Waals surface area contributed by atoms with Crippen molar-refractivity contribution in [2.45, 2.75) is 18.6 Å². The van der Waals surface area contributed by atoms with Crippen LogP contribution in [0.15, 0.2) is 42.5 Å². The van der Waals surface area contributed by atoms with E-state index in [2.05, 4.69) is 59.9 Å². The Hall–Kier alpha value is -0.383. The van der Waals surface area contributed by atoms with Crippen LogP contribution in [0.25, 0.3) is 0 Å². The van der Waals surface area contributed by atoms with Crippen molar-refractivity contribution in [2.24, 2.45) is 0 Å². The molecule has 1 rings (SSSR count). The van der Waals surface area contributed by atoms with Crippen LogP contribution in [0.3, 0.4) is 0 Å². The molecule has 0 bridgehead atoms. The minimum absolute atomic E-state index is 0.193. The van der Waals surface area contributed by atoms with Gasteiger partial charge < -0.3 is 5.11 Å². The third-order valence-electron chi connectivity index (χ3n) is 3.24. The monoisotopic (exact) mass is 298 g/mol. The van der Waals surface area contributed by atoms with Gasteiger partial charge in [-0.1, -0.05) is 76.7 Å². The molecule has 1 aromatic carbocycles. The van der Waals surface area contributed by atoms with Crippen molar-refractivity contribution in [3.05, 3.63) is 42.5 Å². The Kier molecular flexibility index (Phi) is 4.96. The van der Waals surface area contributed by atoms with Crippen LogP contribution in [0.1, 0.15) is 0 Å². The fourth-order valence-electron chi connectivity index (χ4n) is 2.03. The molecular weight excluding hydrogens is 280 g/mol. The first-order valence-electron chi connectivity index (χ1n) is 5.44. The summed E-state index contributed by atoms with van der Waals surface area (Å²) in [7, 11) is -1.67. The van der Waals surface area contributed by atoms with E-state index in [1.54, 1.807) is 0 Å². The number of halogens is 1. The van der Waals surface area contributed by atoms with E-state index in [1.807, 2.05) is 6.07 Å². The second-order valence-electron chi connectivity index (χ2n) is 4.61. The molecule has 1 N–H and O–H groups in total. The maximum absolute atomic E-state index is 9.58. The molecule has 0 radical (unpaired) electrons. The average Bonchev–Trinajstić information content (AvgIpc) is 2.30. The summed E-state index contributed by atoms with van der Waals surface area (Å²) in [5, 5.41) is 11.7. The SMILES string of the molecule is C=C(CBr)C(CO)[Si](C)(C)c1ccccc1. The molecule has 1 nitrogen and oxygen atoms in total. The fraction of sp³-hybridized carbons (Fsp3) is 0.385. The molecule has 0 heterocycles. The summed E-state index contributed by atoms with van der Waals surface area (Å²) >= 11 is 3.43. The van der Waals surface area contributed by atoms with Gasteiger partial charge in [0.25, 0.3) is 0 Å². The summed E-state index contributed by atoms with van der Waals surface area (Å²) < 4.78 is 0. The summed E-state index contributed by atoms with van der Waals surface area (Å²) in [6, 6.07) is 10.5. The molecule has 0 aliphatic heterocycles. The van der Waals surface area contributed by atoms with Crippen molar-refractivity contribution in [3.63, 3.8) is 0 Å². The van der Waals surface area contributed by atoms with E-state index in [-0.39, 0.29) is 12.1 Å². The molecule has 3 heteroatoms. The van der Waals surface area contributed by atoms with Crippen molar-refractivity contribution in [3.8, 4) is 0 Å². The minimum Gasteiger partial charge on any atom is -0.396 e. The molecule has 0 aliphatic carbocycles. The van der Waals surface area contributed by atoms with Gasteiger partial charge in [-0.3, -0.25) is 0 Å². The zero-order valence-electron chi connectivity index (χ0n) is 9.91. The van der Waals surface area contributed by atoms with Gasteiger partial charge in [0.05, 0.1) is 8.07 Å². The predicted octanol–water partition coefficient (Wildman–Crippen LogP) is 2.92. The zero-order chi connectivity index (χ0) is 12.2. The first-order chi connectivity index (χ1) is 7.54. The lowest BCUT2D eigenvalue weighted by Gasteiger charge is -2.32. The summed E-state index contributed by atoms with van der Waals surface area (Å²) in [5.74, 6) is 0. The number of benzene rings is 1. The number of hydrogen-bond donors (Lipinski definition) is 1. The highest BCUT2D eigenvalue weighted by molar-refractivity contribution is 9.09. The number of hydrogen-bond acceptors (Lipinski definition) is 1. The highest BCUT2D eigenvalue weighted by Crippen LogP contribution is 2.29. The maximum atomic E-state index is 9.58. The van der Waals surface area contributed by atoms with Crippen molar-refractivity contribution >= 4 is 29.2 Å². The van der Waals surface area contributed by atoms with Gasteiger partial charge in [-0.15, -0.1) is 0 Å². The third kappa shape index (κ3) is 2.84. The Bertz CT molecular complexity index is 348. The number of alkyl halides is 1. The molecule has 1 aromatic rings. The van der Waals surface area contributed by atoms with Gasteiger partial charge in [0.2, 0.25) is 0 Å². The van der Waals surface area contributed by atoms with Crippen LogP contribution in [-0.4, -0.2) is 25.1 Å². The largest absolute Gasteiger partial charge is 0.396 e. The summed E-state index contributed by atoms with van der Waals surface area (Å²) in [5.41, 5.74) is 1.32. The average molecular weight is 299 g/mol. The molecule has 16 heavy (non-hydrogen) atoms. The van der Waals surface area contributed by atoms with Gasteiger partial charge in [-0.2, -0.15) is 0 Å². The summed E-state index contributed by atoms with van der Waals surface area (Å²) in [4.78, 5) is 0. The second-order valence-corrected chi connectivity index (χ2v) is 9.89. The molecular formula is C13H19BrOSi. The number of aliphatic hydroxyl groups is 1. The van der Waals surface area contributed by atoms with Gasteiger partial charge in [0.1, 0.15) is 0 Å². The van der Waals surface area contributed by atoms with Crippen molar-refractivity contribution < 1.29 is 5.11 Å². The van der Waals surface area contributed by atoms with Crippen molar-refractivity contribution in [1.82, 2.24) is 0 Å². The van der Waals surface area contributed by atoms with E-state index in [9.17, 15) is 5.11 Å². The fourth-order valence-corrected chi connectivity index (χ4v) is 5.75. The van der Waals surface area contributed by atoms with Crippen LogP contribution in [-0.2, 0) is 0 Å². The molecule has 0 amide bonds. The predicted molar refractivity (Wildman–Crippen MR) is 77.3 cm³/mol. The lowest BCUT2D eigenvalue weighted by atomic mass is 10.2. The van der Waals surface area contributed by atoms with E-state index < -0.39 is 8.07 Å². The Morgan fingerprint density at radius 3 is 2.38 bits per heavy atom. The standard InChI is InChI=1S/C13H19BrOSi/c1-11(9-14)13(10-15)16(2,3)12-7-5-4-6-8-12/h4-8,13,15H,1,9-10H2,2-3H3. The summed E-state index contributed by atoms with van der Waals surface area (Å²) in [6.07, 6.45) is 0. The van der Waals surface area contributed by atoms with Crippen LogP contribution in [0.4, 0.5) is 0 Å². The number of rotatable bonds is 5. The minimum atomic E-state index is -1.67. The first kappa shape index (κ1) is 13.7. The normalized spacial score (nSPS) is 13.5. The molecule has 0 aromatic heterocycles. The second kappa shape index (κ2) is 5.80. The third-order valence-corrected chi connectivity index (χ3v) is 8.11. The van der Waals surface area contributed by atoms with Crippen molar-refractivity contribution in [1.29, 1.82) is 0 Å². The van der Waals surface area contributed by atoms with Crippen LogP contribution >= 0.6 is 15.9 Å². The van der Waals surface area contributed by atoms with E-state index in [4.69, 9.17) is 0 Å². The van der Waals surface area contributed by atoms with E-state index in [0.29, 0.717) is 0 Å². The van der Waals surface area contributed by atoms with Gasteiger partial charge >= 0.3 is 0 Å². The smallest absolute Gasteiger partial charge is 0.0902 e. The van der Waals surface area contributed by atoms with Crippen LogP contribution in [0.5, 0.6) is 0 Å². The topological polar surface area (TPSA) is 20.2 Å². The van der Waals surface area contributed by atoms with Crippen LogP contribution < -0.4 is 5.19 Å². The lowest BCUT2D eigenvalue weighted by Crippen LogP contribution is -2.48. The maximum Gasteiger partial charge on any atom is 0.0902 e. The molecule has 0 spiro atoms. The van der Waals surface area contributed by atoms with Crippen molar-refractivity contribution in [2.75, 3.05) is 11.9 Å². The Morgan fingerprint density at radius 1 is 1.38 bits per heavy atom. The summed E-state index contributed by atoms with van der Waals surface area (Å²) in [6.45, 7) is 8.83. The Labute approximate surface area is 107 Å². The lowest BCUT2D eigenvalue weighted by molar-refractivity contribution is 0.297. The van der Waals surface area contributed by atoms with Gasteiger partial charge in [-0.05, 0) is 0 Å². The molecule has 1 unspecified atom stereocenters. The van der Waals surface area contributed by atoms with Crippen LogP contribution in [0.2, 0.25) is 18.6 Å². The molecule has 0 saturated carbocycles. The Balaban J connectivity index is 3.04. The van der Waals surface area contributed by atoms with Gasteiger partial charge in [-0.25, -0.2) is 0 Å². The molecule has 1 atom stereocenters. The molecule has 0 saturated heterocycles. The van der Waals surface area contributed by atoms with E-state index in [0.717, 1.165) is 10.9 Å². The quantitative estimate of drug-likeness (QED) is 0.503. The molecule has 0 aliphatic rings. The highest BCUT2D eigenvalue weighted by atomic mass is 79.9. The molecule has 88 valence electrons. The number of aliphatic hydroxyl groups excluding tert-OH is 1.